The second-order valence-corrected chi connectivity index (χ2v) is 10.4. The molecule has 1 atom stereocenters. The highest BCUT2D eigenvalue weighted by atomic mass is 32.1. The smallest absolute Gasteiger partial charge is 0.344 e. The van der Waals surface area contributed by atoms with Crippen LogP contribution in [0.3, 0.4) is 0 Å². The van der Waals surface area contributed by atoms with Gasteiger partial charge in [0.15, 0.2) is 34.7 Å². The number of fused-ring (bicyclic) bond motifs is 3. The Balaban J connectivity index is 1.16. The molecule has 0 aliphatic carbocycles. The minimum Gasteiger partial charge on any atom is -0.479 e. The normalized spacial score (nSPS) is 15.1. The molecule has 0 spiro atoms. The van der Waals surface area contributed by atoms with Crippen LogP contribution in [0.25, 0.3) is 27.6 Å². The van der Waals surface area contributed by atoms with E-state index < -0.39 is 23.7 Å². The van der Waals surface area contributed by atoms with Crippen molar-refractivity contribution < 1.29 is 27.8 Å². The minimum atomic E-state index is -1.29. The number of carboxylic acid groups (broad SMARTS) is 1. The SMILES string of the molecule is C[C@@H](Oc1cc(N2CCN(CCn3c(=O)sc4c3nc(N)n3nc(-c5ccco5)nc43)CC2)c(F)cc1F)C(=O)O. The average molecular weight is 587 g/mol. The highest BCUT2D eigenvalue weighted by Gasteiger charge is 2.24. The number of carbonyl (C=O) groups is 1. The van der Waals surface area contributed by atoms with Crippen LogP contribution in [0.2, 0.25) is 0 Å². The molecule has 0 bridgehead atoms. The Morgan fingerprint density at radius 3 is 2.66 bits per heavy atom. The molecule has 5 heterocycles. The zero-order valence-electron chi connectivity index (χ0n) is 21.7. The summed E-state index contributed by atoms with van der Waals surface area (Å²) in [6, 6.07) is 5.33. The van der Waals surface area contributed by atoms with Crippen LogP contribution in [0.1, 0.15) is 6.92 Å². The number of ether oxygens (including phenoxy) is 1. The number of nitrogens with two attached hydrogens (primary N) is 1. The summed E-state index contributed by atoms with van der Waals surface area (Å²) >= 11 is 1.01. The summed E-state index contributed by atoms with van der Waals surface area (Å²) in [6.45, 7) is 4.08. The third-order valence-electron chi connectivity index (χ3n) is 6.86. The lowest BCUT2D eigenvalue weighted by molar-refractivity contribution is -0.144. The van der Waals surface area contributed by atoms with E-state index in [0.717, 1.165) is 11.3 Å². The van der Waals surface area contributed by atoms with Gasteiger partial charge in [0.05, 0.1) is 12.0 Å². The molecule has 1 aliphatic rings. The fourth-order valence-electron chi connectivity index (χ4n) is 4.68. The summed E-state index contributed by atoms with van der Waals surface area (Å²) in [4.78, 5) is 36.6. The summed E-state index contributed by atoms with van der Waals surface area (Å²) < 4.78 is 42.8. The number of benzene rings is 1. The molecule has 1 saturated heterocycles. The Bertz CT molecular complexity index is 1810. The number of anilines is 2. The number of aliphatic carboxylic acids is 1. The maximum absolute atomic E-state index is 14.6. The number of hydrogen-bond donors (Lipinski definition) is 2. The van der Waals surface area contributed by atoms with Gasteiger partial charge in [0.25, 0.3) is 0 Å². The van der Waals surface area contributed by atoms with Gasteiger partial charge in [0.2, 0.25) is 11.8 Å². The lowest BCUT2D eigenvalue weighted by Crippen LogP contribution is -2.47. The molecule has 214 valence electrons. The summed E-state index contributed by atoms with van der Waals surface area (Å²) in [5.41, 5.74) is 7.11. The number of carboxylic acids is 1. The van der Waals surface area contributed by atoms with Crippen LogP contribution in [0, 0.1) is 11.6 Å². The zero-order valence-corrected chi connectivity index (χ0v) is 22.5. The largest absolute Gasteiger partial charge is 0.479 e. The maximum Gasteiger partial charge on any atom is 0.344 e. The monoisotopic (exact) mass is 586 g/mol. The van der Waals surface area contributed by atoms with E-state index in [4.69, 9.17) is 20.0 Å². The lowest BCUT2D eigenvalue weighted by Gasteiger charge is -2.36. The molecule has 4 aromatic heterocycles. The topological polar surface area (TPSA) is 157 Å². The maximum atomic E-state index is 14.6. The Morgan fingerprint density at radius 2 is 1.95 bits per heavy atom. The molecular weight excluding hydrogens is 562 g/mol. The zero-order chi connectivity index (χ0) is 28.8. The van der Waals surface area contributed by atoms with Crippen molar-refractivity contribution in [1.82, 2.24) is 29.0 Å². The van der Waals surface area contributed by atoms with Gasteiger partial charge in [-0.25, -0.2) is 18.6 Å². The average Bonchev–Trinajstić information content (AvgIpc) is 3.69. The summed E-state index contributed by atoms with van der Waals surface area (Å²) in [5, 5.41) is 13.4. The number of halogens is 2. The van der Waals surface area contributed by atoms with E-state index in [1.54, 1.807) is 21.6 Å². The van der Waals surface area contributed by atoms with Gasteiger partial charge >= 0.3 is 10.8 Å². The molecule has 0 saturated carbocycles. The van der Waals surface area contributed by atoms with Crippen LogP contribution >= 0.6 is 11.3 Å². The molecule has 16 heteroatoms. The van der Waals surface area contributed by atoms with E-state index in [-0.39, 0.29) is 22.3 Å². The van der Waals surface area contributed by atoms with E-state index in [9.17, 15) is 18.4 Å². The Kier molecular flexibility index (Phi) is 6.78. The van der Waals surface area contributed by atoms with Gasteiger partial charge in [-0.2, -0.15) is 9.50 Å². The Morgan fingerprint density at radius 1 is 1.17 bits per heavy atom. The van der Waals surface area contributed by atoms with Crippen molar-refractivity contribution in [2.75, 3.05) is 43.4 Å². The van der Waals surface area contributed by atoms with E-state index in [2.05, 4.69) is 20.0 Å². The highest BCUT2D eigenvalue weighted by molar-refractivity contribution is 7.17. The molecular formula is C25H24F2N8O5S. The standard InChI is InChI=1S/C25H24F2N8O5S/c1-13(23(36)37)40-18-12-16(14(26)11-15(18)27)33-7-4-32(5-8-33)6-9-34-21-19(41-25(34)38)22-29-20(17-3-2-10-39-17)31-35(22)24(28)30-21/h2-3,10-13H,4-9H2,1H3,(H2,28,30)(H,36,37)/t13-/m1/s1. The number of nitrogen functional groups attached to an aromatic ring is 1. The number of aromatic nitrogens is 5. The molecule has 1 aliphatic heterocycles. The second-order valence-electron chi connectivity index (χ2n) is 9.45. The molecule has 5 aromatic rings. The number of piperazine rings is 1. The van der Waals surface area contributed by atoms with Crippen LogP contribution < -0.4 is 20.2 Å². The molecule has 41 heavy (non-hydrogen) atoms. The lowest BCUT2D eigenvalue weighted by atomic mass is 10.2. The van der Waals surface area contributed by atoms with Crippen LogP contribution in [0.5, 0.6) is 5.75 Å². The van der Waals surface area contributed by atoms with Gasteiger partial charge in [-0.3, -0.25) is 14.3 Å². The van der Waals surface area contributed by atoms with Crippen LogP contribution in [-0.2, 0) is 11.3 Å². The highest BCUT2D eigenvalue weighted by Crippen LogP contribution is 2.30. The van der Waals surface area contributed by atoms with Gasteiger partial charge in [0.1, 0.15) is 10.5 Å². The van der Waals surface area contributed by atoms with E-state index in [1.807, 2.05) is 0 Å². The number of furan rings is 1. The number of hydrogen-bond acceptors (Lipinski definition) is 11. The van der Waals surface area contributed by atoms with Crippen molar-refractivity contribution in [1.29, 1.82) is 0 Å². The molecule has 6 rings (SSSR count). The van der Waals surface area contributed by atoms with Crippen LogP contribution in [0.15, 0.2) is 39.7 Å². The third-order valence-corrected chi connectivity index (χ3v) is 7.83. The van der Waals surface area contributed by atoms with Crippen molar-refractivity contribution in [3.05, 3.63) is 51.8 Å². The molecule has 1 fully saturated rings. The first kappa shape index (κ1) is 26.6. The Hall–Kier alpha value is -4.57. The first-order chi connectivity index (χ1) is 19.7. The second kappa shape index (κ2) is 10.4. The quantitative estimate of drug-likeness (QED) is 0.275. The first-order valence-electron chi connectivity index (χ1n) is 12.6. The minimum absolute atomic E-state index is 0.0837. The molecule has 0 amide bonds. The fraction of sp³-hybridized carbons (Fsp3) is 0.320. The molecule has 1 aromatic carbocycles. The van der Waals surface area contributed by atoms with Crippen molar-refractivity contribution in [3.8, 4) is 17.3 Å². The third kappa shape index (κ3) is 4.95. The van der Waals surface area contributed by atoms with Gasteiger partial charge < -0.3 is 24.9 Å². The molecule has 3 N–H and O–H groups in total. The predicted molar refractivity (Wildman–Crippen MR) is 145 cm³/mol. The first-order valence-corrected chi connectivity index (χ1v) is 13.5. The van der Waals surface area contributed by atoms with Crippen LogP contribution in [0.4, 0.5) is 20.4 Å². The van der Waals surface area contributed by atoms with E-state index in [1.165, 1.54) is 23.8 Å². The van der Waals surface area contributed by atoms with Gasteiger partial charge in [-0.15, -0.1) is 5.10 Å². The number of rotatable bonds is 8. The van der Waals surface area contributed by atoms with Crippen LogP contribution in [-0.4, -0.2) is 79.0 Å². The Labute approximate surface area is 234 Å². The summed E-state index contributed by atoms with van der Waals surface area (Å²) in [6.07, 6.45) is 0.220. The predicted octanol–water partition coefficient (Wildman–Crippen LogP) is 2.30. The van der Waals surface area contributed by atoms with Crippen molar-refractivity contribution >= 4 is 44.9 Å². The van der Waals surface area contributed by atoms with Crippen molar-refractivity contribution in [3.63, 3.8) is 0 Å². The number of nitrogens with zero attached hydrogens (tertiary/aromatic N) is 7. The molecule has 0 unspecified atom stereocenters. The molecule has 13 nitrogen and oxygen atoms in total. The van der Waals surface area contributed by atoms with Gasteiger partial charge in [0, 0.05) is 51.4 Å². The van der Waals surface area contributed by atoms with Crippen molar-refractivity contribution in [2.24, 2.45) is 0 Å². The van der Waals surface area contributed by atoms with Gasteiger partial charge in [-0.1, -0.05) is 11.3 Å². The van der Waals surface area contributed by atoms with Gasteiger partial charge in [-0.05, 0) is 19.1 Å². The van der Waals surface area contributed by atoms with Crippen molar-refractivity contribution in [2.45, 2.75) is 19.6 Å². The van der Waals surface area contributed by atoms with E-state index >= 15 is 0 Å². The molecule has 0 radical (unpaired) electrons. The summed E-state index contributed by atoms with van der Waals surface area (Å²) in [7, 11) is 0. The summed E-state index contributed by atoms with van der Waals surface area (Å²) in [5.74, 6) is -2.45. The number of thiazole rings is 1. The fourth-order valence-corrected chi connectivity index (χ4v) is 5.61. The van der Waals surface area contributed by atoms with E-state index in [0.29, 0.717) is 72.9 Å².